The Morgan fingerprint density at radius 3 is 2.05 bits per heavy atom. The van der Waals surface area contributed by atoms with Gasteiger partial charge in [-0.05, 0) is 65.8 Å². The van der Waals surface area contributed by atoms with Crippen molar-refractivity contribution in [1.82, 2.24) is 10.6 Å². The van der Waals surface area contributed by atoms with E-state index in [9.17, 15) is 8.78 Å². The van der Waals surface area contributed by atoms with Crippen LogP contribution in [0.25, 0.3) is 5.70 Å². The molecule has 3 rings (SSSR count). The first-order valence-electron chi connectivity index (χ1n) is 6.42. The molecule has 106 valence electrons. The second-order valence-corrected chi connectivity index (χ2v) is 5.12. The number of thiocarbonyl (C=S) groups is 1. The van der Waals surface area contributed by atoms with Gasteiger partial charge in [0.15, 0.2) is 5.11 Å². The Labute approximate surface area is 126 Å². The van der Waals surface area contributed by atoms with Gasteiger partial charge in [-0.3, -0.25) is 0 Å². The van der Waals surface area contributed by atoms with Crippen molar-refractivity contribution < 1.29 is 8.78 Å². The first-order chi connectivity index (χ1) is 10.1. The van der Waals surface area contributed by atoms with Crippen LogP contribution in [0.4, 0.5) is 8.78 Å². The average Bonchev–Trinajstić information content (AvgIpc) is 2.48. The Balaban J connectivity index is 1.95. The molecule has 0 spiro atoms. The van der Waals surface area contributed by atoms with Gasteiger partial charge in [0.05, 0.1) is 6.04 Å². The van der Waals surface area contributed by atoms with Crippen LogP contribution in [-0.4, -0.2) is 5.11 Å². The highest BCUT2D eigenvalue weighted by Gasteiger charge is 2.18. The summed E-state index contributed by atoms with van der Waals surface area (Å²) in [6.07, 6.45) is 1.94. The summed E-state index contributed by atoms with van der Waals surface area (Å²) in [6.45, 7) is 0. The van der Waals surface area contributed by atoms with E-state index < -0.39 is 0 Å². The van der Waals surface area contributed by atoms with Gasteiger partial charge in [0, 0.05) is 5.70 Å². The number of hydrogen-bond acceptors (Lipinski definition) is 1. The summed E-state index contributed by atoms with van der Waals surface area (Å²) in [5, 5.41) is 6.64. The average molecular weight is 302 g/mol. The molecule has 1 atom stereocenters. The fourth-order valence-corrected chi connectivity index (χ4v) is 2.43. The molecule has 2 aromatic rings. The molecule has 0 aromatic heterocycles. The summed E-state index contributed by atoms with van der Waals surface area (Å²) in [7, 11) is 0. The number of nitrogens with one attached hydrogen (secondary N) is 2. The fraction of sp³-hybridized carbons (Fsp3) is 0.0625. The van der Waals surface area contributed by atoms with Gasteiger partial charge in [-0.1, -0.05) is 12.1 Å². The van der Waals surface area contributed by atoms with Crippen LogP contribution >= 0.6 is 12.2 Å². The van der Waals surface area contributed by atoms with Gasteiger partial charge in [-0.15, -0.1) is 0 Å². The Bertz CT molecular complexity index is 693. The third-order valence-electron chi connectivity index (χ3n) is 3.25. The van der Waals surface area contributed by atoms with Crippen molar-refractivity contribution in [2.75, 3.05) is 0 Å². The van der Waals surface area contributed by atoms with E-state index in [1.165, 1.54) is 24.3 Å². The van der Waals surface area contributed by atoms with Crippen LogP contribution in [0, 0.1) is 11.6 Å². The predicted molar refractivity (Wildman–Crippen MR) is 82.4 cm³/mol. The lowest BCUT2D eigenvalue weighted by atomic mass is 10.0. The molecule has 0 aliphatic carbocycles. The van der Waals surface area contributed by atoms with Crippen molar-refractivity contribution >= 4 is 23.0 Å². The van der Waals surface area contributed by atoms with Crippen molar-refractivity contribution in [2.24, 2.45) is 0 Å². The summed E-state index contributed by atoms with van der Waals surface area (Å²) in [4.78, 5) is 0. The summed E-state index contributed by atoms with van der Waals surface area (Å²) >= 11 is 5.20. The molecule has 1 heterocycles. The summed E-state index contributed by atoms with van der Waals surface area (Å²) in [6, 6.07) is 12.2. The van der Waals surface area contributed by atoms with Gasteiger partial charge in [0.25, 0.3) is 0 Å². The van der Waals surface area contributed by atoms with Crippen molar-refractivity contribution in [1.29, 1.82) is 0 Å². The van der Waals surface area contributed by atoms with E-state index in [1.54, 1.807) is 24.3 Å². The minimum Gasteiger partial charge on any atom is -0.352 e. The van der Waals surface area contributed by atoms with Crippen LogP contribution in [0.2, 0.25) is 0 Å². The van der Waals surface area contributed by atoms with E-state index in [2.05, 4.69) is 10.6 Å². The third-order valence-corrected chi connectivity index (χ3v) is 3.47. The largest absolute Gasteiger partial charge is 0.352 e. The molecular formula is C16H12F2N2S. The molecule has 1 aliphatic heterocycles. The number of halogens is 2. The highest BCUT2D eigenvalue weighted by molar-refractivity contribution is 7.80. The highest BCUT2D eigenvalue weighted by atomic mass is 32.1. The first kappa shape index (κ1) is 13.7. The van der Waals surface area contributed by atoms with E-state index in [1.807, 2.05) is 6.08 Å². The maximum atomic E-state index is 13.0. The molecule has 2 aromatic carbocycles. The number of rotatable bonds is 2. The zero-order valence-corrected chi connectivity index (χ0v) is 11.8. The molecular weight excluding hydrogens is 290 g/mol. The van der Waals surface area contributed by atoms with Crippen molar-refractivity contribution in [3.63, 3.8) is 0 Å². The van der Waals surface area contributed by atoms with Gasteiger partial charge >= 0.3 is 0 Å². The molecule has 0 amide bonds. The minimum atomic E-state index is -0.286. The van der Waals surface area contributed by atoms with Crippen LogP contribution in [0.5, 0.6) is 0 Å². The summed E-state index contributed by atoms with van der Waals surface area (Å²) in [5.41, 5.74) is 2.54. The van der Waals surface area contributed by atoms with Crippen molar-refractivity contribution in [2.45, 2.75) is 6.04 Å². The van der Waals surface area contributed by atoms with Crippen molar-refractivity contribution in [3.05, 3.63) is 77.4 Å². The normalized spacial score (nSPS) is 17.7. The molecule has 0 unspecified atom stereocenters. The Morgan fingerprint density at radius 1 is 0.857 bits per heavy atom. The van der Waals surface area contributed by atoms with Gasteiger partial charge in [0.1, 0.15) is 11.6 Å². The second kappa shape index (κ2) is 5.61. The van der Waals surface area contributed by atoms with Gasteiger partial charge in [0.2, 0.25) is 0 Å². The summed E-state index contributed by atoms with van der Waals surface area (Å²) < 4.78 is 26.0. The quantitative estimate of drug-likeness (QED) is 0.830. The van der Waals surface area contributed by atoms with Crippen LogP contribution < -0.4 is 10.6 Å². The molecule has 0 radical (unpaired) electrons. The Morgan fingerprint density at radius 2 is 1.43 bits per heavy atom. The lowest BCUT2D eigenvalue weighted by molar-refractivity contribution is 0.625. The topological polar surface area (TPSA) is 24.1 Å². The molecule has 2 N–H and O–H groups in total. The highest BCUT2D eigenvalue weighted by Crippen LogP contribution is 2.23. The Kier molecular flexibility index (Phi) is 3.66. The maximum absolute atomic E-state index is 13.0. The fourth-order valence-electron chi connectivity index (χ4n) is 2.20. The predicted octanol–water partition coefficient (Wildman–Crippen LogP) is 3.52. The number of hydrogen-bond donors (Lipinski definition) is 2. The van der Waals surface area contributed by atoms with Crippen LogP contribution in [0.3, 0.4) is 0 Å². The molecule has 0 bridgehead atoms. The van der Waals surface area contributed by atoms with Gasteiger partial charge < -0.3 is 10.6 Å². The smallest absolute Gasteiger partial charge is 0.171 e. The molecule has 1 aliphatic rings. The van der Waals surface area contributed by atoms with E-state index in [0.29, 0.717) is 5.11 Å². The molecule has 0 fully saturated rings. The number of benzene rings is 2. The standard InChI is InChI=1S/C16H12F2N2S/c17-12-5-1-10(2-6-12)14-9-15(20-16(21)19-14)11-3-7-13(18)8-4-11/h1-9,14H,(H2,19,20,21)/t14-/m1/s1. The van der Waals surface area contributed by atoms with E-state index in [0.717, 1.165) is 16.8 Å². The maximum Gasteiger partial charge on any atom is 0.171 e. The van der Waals surface area contributed by atoms with E-state index in [4.69, 9.17) is 12.2 Å². The lowest BCUT2D eigenvalue weighted by Crippen LogP contribution is -2.40. The molecule has 21 heavy (non-hydrogen) atoms. The Hall–Kier alpha value is -2.27. The van der Waals surface area contributed by atoms with Crippen LogP contribution in [0.1, 0.15) is 17.2 Å². The van der Waals surface area contributed by atoms with E-state index >= 15 is 0 Å². The van der Waals surface area contributed by atoms with Gasteiger partial charge in [-0.25, -0.2) is 8.78 Å². The molecule has 0 saturated heterocycles. The molecule has 2 nitrogen and oxygen atoms in total. The first-order valence-corrected chi connectivity index (χ1v) is 6.83. The SMILES string of the molecule is Fc1ccc(C2=C[C@H](c3ccc(F)cc3)NC(=S)N2)cc1. The van der Waals surface area contributed by atoms with Crippen LogP contribution in [0.15, 0.2) is 54.6 Å². The summed E-state index contributed by atoms with van der Waals surface area (Å²) in [5.74, 6) is -0.566. The second-order valence-electron chi connectivity index (χ2n) is 4.71. The van der Waals surface area contributed by atoms with Crippen molar-refractivity contribution in [3.8, 4) is 0 Å². The van der Waals surface area contributed by atoms with Gasteiger partial charge in [-0.2, -0.15) is 0 Å². The van der Waals surface area contributed by atoms with E-state index in [-0.39, 0.29) is 17.7 Å². The lowest BCUT2D eigenvalue weighted by Gasteiger charge is -2.26. The van der Waals surface area contributed by atoms with Crippen LogP contribution in [-0.2, 0) is 0 Å². The molecule has 5 heteroatoms. The zero-order chi connectivity index (χ0) is 14.8. The zero-order valence-electron chi connectivity index (χ0n) is 10.9. The minimum absolute atomic E-state index is 0.153. The third kappa shape index (κ3) is 3.08. The monoisotopic (exact) mass is 302 g/mol. The molecule has 0 saturated carbocycles.